The van der Waals surface area contributed by atoms with Crippen molar-refractivity contribution in [3.63, 3.8) is 0 Å². The molecule has 0 saturated carbocycles. The molecule has 0 radical (unpaired) electrons. The van der Waals surface area contributed by atoms with E-state index in [1.165, 1.54) is 23.9 Å². The minimum absolute atomic E-state index is 0.369. The minimum atomic E-state index is -0.944. The molecule has 0 fully saturated rings. The van der Waals surface area contributed by atoms with Crippen molar-refractivity contribution in [2.75, 3.05) is 5.32 Å². The molecule has 0 spiro atoms. The number of hydrogen-bond donors (Lipinski definition) is 2. The van der Waals surface area contributed by atoms with Gasteiger partial charge in [0, 0.05) is 18.0 Å². The summed E-state index contributed by atoms with van der Waals surface area (Å²) in [5, 5.41) is 14.8. The largest absolute Gasteiger partial charge is 0.444 e. The number of aromatic nitrogens is 3. The monoisotopic (exact) mass is 302 g/mol. The summed E-state index contributed by atoms with van der Waals surface area (Å²) in [5.74, 6) is 0.369. The third kappa shape index (κ3) is 2.93. The topological polar surface area (TPSA) is 84.1 Å². The van der Waals surface area contributed by atoms with Crippen LogP contribution >= 0.6 is 11.3 Å². The first-order valence-corrected chi connectivity index (χ1v) is 7.32. The van der Waals surface area contributed by atoms with Gasteiger partial charge in [0.2, 0.25) is 0 Å². The Kier molecular flexibility index (Phi) is 3.94. The van der Waals surface area contributed by atoms with Gasteiger partial charge >= 0.3 is 0 Å². The second-order valence-corrected chi connectivity index (χ2v) is 5.34. The maximum atomic E-state index is 10.1. The van der Waals surface area contributed by atoms with Gasteiger partial charge in [-0.25, -0.2) is 9.97 Å². The van der Waals surface area contributed by atoms with Crippen LogP contribution in [0.15, 0.2) is 41.5 Å². The summed E-state index contributed by atoms with van der Waals surface area (Å²) in [6.07, 6.45) is 6.09. The Morgan fingerprint density at radius 1 is 1.38 bits per heavy atom. The molecule has 7 heteroatoms. The fraction of sp³-hybridized carbons (Fsp3) is 0.214. The van der Waals surface area contributed by atoms with Gasteiger partial charge in [0.15, 0.2) is 18.4 Å². The van der Waals surface area contributed by atoms with Crippen molar-refractivity contribution < 1.29 is 9.52 Å². The average Bonchev–Trinajstić information content (AvgIpc) is 3.17. The van der Waals surface area contributed by atoms with Crippen molar-refractivity contribution in [1.29, 1.82) is 0 Å². The summed E-state index contributed by atoms with van der Waals surface area (Å²) in [4.78, 5) is 12.5. The van der Waals surface area contributed by atoms with Crippen LogP contribution in [0, 0.1) is 0 Å². The molecule has 0 aliphatic rings. The lowest BCUT2D eigenvalue weighted by atomic mass is 10.3. The summed E-state index contributed by atoms with van der Waals surface area (Å²) < 4.78 is 5.08. The van der Waals surface area contributed by atoms with E-state index in [1.54, 1.807) is 12.4 Å². The van der Waals surface area contributed by atoms with E-state index in [9.17, 15) is 5.11 Å². The van der Waals surface area contributed by atoms with Gasteiger partial charge < -0.3 is 14.8 Å². The number of thiazole rings is 1. The number of aliphatic hydroxyl groups excluding tert-OH is 1. The van der Waals surface area contributed by atoms with E-state index in [0.29, 0.717) is 5.76 Å². The summed E-state index contributed by atoms with van der Waals surface area (Å²) >= 11 is 1.48. The first kappa shape index (κ1) is 13.7. The van der Waals surface area contributed by atoms with Crippen LogP contribution in [0.4, 0.5) is 5.00 Å². The molecule has 0 aliphatic carbocycles. The second kappa shape index (κ2) is 6.02. The normalized spacial score (nSPS) is 12.3. The van der Waals surface area contributed by atoms with Gasteiger partial charge in [-0.2, -0.15) is 0 Å². The fourth-order valence-electron chi connectivity index (χ4n) is 1.87. The van der Waals surface area contributed by atoms with Crippen molar-refractivity contribution in [1.82, 2.24) is 15.0 Å². The zero-order valence-corrected chi connectivity index (χ0v) is 12.2. The smallest absolute Gasteiger partial charge is 0.186 e. The molecule has 3 aromatic heterocycles. The molecule has 0 amide bonds. The zero-order valence-electron chi connectivity index (χ0n) is 11.4. The van der Waals surface area contributed by atoms with Gasteiger partial charge in [0.25, 0.3) is 0 Å². The molecule has 0 saturated heterocycles. The lowest BCUT2D eigenvalue weighted by Gasteiger charge is -2.09. The van der Waals surface area contributed by atoms with Crippen LogP contribution in [0.1, 0.15) is 24.6 Å². The van der Waals surface area contributed by atoms with E-state index in [0.717, 1.165) is 27.7 Å². The van der Waals surface area contributed by atoms with E-state index in [4.69, 9.17) is 4.42 Å². The quantitative estimate of drug-likeness (QED) is 0.705. The Hall–Kier alpha value is -2.25. The molecular formula is C14H14N4O2S. The second-order valence-electron chi connectivity index (χ2n) is 4.34. The van der Waals surface area contributed by atoms with E-state index >= 15 is 0 Å². The highest BCUT2D eigenvalue weighted by Gasteiger charge is 2.17. The van der Waals surface area contributed by atoms with Gasteiger partial charge in [-0.05, 0) is 18.6 Å². The molecule has 6 nitrogen and oxygen atoms in total. The number of hydrogen-bond acceptors (Lipinski definition) is 7. The van der Waals surface area contributed by atoms with Gasteiger partial charge in [-0.1, -0.05) is 18.3 Å². The molecule has 3 rings (SSSR count). The Balaban J connectivity index is 1.87. The van der Waals surface area contributed by atoms with Gasteiger partial charge in [0.05, 0.1) is 11.9 Å². The Bertz CT molecular complexity index is 697. The zero-order chi connectivity index (χ0) is 14.7. The Morgan fingerprint density at radius 3 is 2.95 bits per heavy atom. The highest BCUT2D eigenvalue weighted by Crippen LogP contribution is 2.33. The van der Waals surface area contributed by atoms with Crippen molar-refractivity contribution in [2.45, 2.75) is 19.6 Å². The molecule has 0 aromatic carbocycles. The Labute approximate surface area is 125 Å². The molecule has 3 aromatic rings. The number of pyridine rings is 1. The number of oxazole rings is 1. The van der Waals surface area contributed by atoms with E-state index in [-0.39, 0.29) is 0 Å². The number of nitrogens with zero attached hydrogens (tertiary/aromatic N) is 3. The number of anilines is 1. The number of aliphatic hydroxyl groups is 1. The van der Waals surface area contributed by atoms with E-state index in [1.807, 2.05) is 19.1 Å². The maximum absolute atomic E-state index is 10.1. The van der Waals surface area contributed by atoms with Crippen molar-refractivity contribution in [2.24, 2.45) is 0 Å². The summed E-state index contributed by atoms with van der Waals surface area (Å²) in [5.41, 5.74) is 1.86. The van der Waals surface area contributed by atoms with E-state index < -0.39 is 6.23 Å². The van der Waals surface area contributed by atoms with E-state index in [2.05, 4.69) is 20.3 Å². The molecular weight excluding hydrogens is 288 g/mol. The van der Waals surface area contributed by atoms with Crippen LogP contribution in [0.25, 0.3) is 10.6 Å². The number of aryl methyl sites for hydroxylation is 1. The van der Waals surface area contributed by atoms with Crippen molar-refractivity contribution >= 4 is 16.3 Å². The number of rotatable bonds is 5. The third-order valence-electron chi connectivity index (χ3n) is 2.93. The van der Waals surface area contributed by atoms with Crippen LogP contribution in [0.2, 0.25) is 0 Å². The molecule has 21 heavy (non-hydrogen) atoms. The van der Waals surface area contributed by atoms with Crippen LogP contribution < -0.4 is 5.32 Å². The maximum Gasteiger partial charge on any atom is 0.186 e. The third-order valence-corrected chi connectivity index (χ3v) is 4.01. The fourth-order valence-corrected chi connectivity index (χ4v) is 2.94. The first-order chi connectivity index (χ1) is 10.3. The average molecular weight is 302 g/mol. The SMILES string of the molecule is CCc1nc(-c2cccnc2)sc1NC(O)c1cnco1. The minimum Gasteiger partial charge on any atom is -0.444 e. The number of nitrogens with one attached hydrogen (secondary N) is 1. The summed E-state index contributed by atoms with van der Waals surface area (Å²) in [6, 6.07) is 3.83. The van der Waals surface area contributed by atoms with Crippen LogP contribution in [-0.2, 0) is 6.42 Å². The van der Waals surface area contributed by atoms with Gasteiger partial charge in [-0.15, -0.1) is 0 Å². The molecule has 0 bridgehead atoms. The van der Waals surface area contributed by atoms with Crippen LogP contribution in [0.5, 0.6) is 0 Å². The molecule has 1 unspecified atom stereocenters. The predicted molar refractivity (Wildman–Crippen MR) is 79.8 cm³/mol. The molecule has 0 aliphatic heterocycles. The molecule has 108 valence electrons. The van der Waals surface area contributed by atoms with Crippen molar-refractivity contribution in [3.05, 3.63) is 48.6 Å². The van der Waals surface area contributed by atoms with Gasteiger partial charge in [0.1, 0.15) is 10.0 Å². The lowest BCUT2D eigenvalue weighted by molar-refractivity contribution is 0.178. The van der Waals surface area contributed by atoms with Crippen LogP contribution in [0.3, 0.4) is 0 Å². The van der Waals surface area contributed by atoms with Crippen molar-refractivity contribution in [3.8, 4) is 10.6 Å². The Morgan fingerprint density at radius 2 is 2.29 bits per heavy atom. The van der Waals surface area contributed by atoms with Gasteiger partial charge in [-0.3, -0.25) is 4.98 Å². The molecule has 1 atom stereocenters. The molecule has 3 heterocycles. The summed E-state index contributed by atoms with van der Waals surface area (Å²) in [7, 11) is 0. The van der Waals surface area contributed by atoms with Crippen LogP contribution in [-0.4, -0.2) is 20.1 Å². The predicted octanol–water partition coefficient (Wildman–Crippen LogP) is 2.86. The lowest BCUT2D eigenvalue weighted by Crippen LogP contribution is -2.08. The molecule has 2 N–H and O–H groups in total. The highest BCUT2D eigenvalue weighted by atomic mass is 32.1. The first-order valence-electron chi connectivity index (χ1n) is 6.51. The summed E-state index contributed by atoms with van der Waals surface area (Å²) in [6.45, 7) is 2.02. The standard InChI is InChI=1S/C14H14N4O2S/c1-2-10-14(18-12(19)11-7-16-8-20-11)21-13(17-10)9-4-3-5-15-6-9/h3-8,12,18-19H,2H2,1H3. The highest BCUT2D eigenvalue weighted by molar-refractivity contribution is 7.19.